The van der Waals surface area contributed by atoms with Crippen molar-refractivity contribution in [3.8, 4) is 0 Å². The van der Waals surface area contributed by atoms with Crippen LogP contribution in [-0.4, -0.2) is 29.9 Å². The van der Waals surface area contributed by atoms with E-state index in [1.54, 1.807) is 37.3 Å². The molecule has 0 aromatic heterocycles. The molecule has 5 nitrogen and oxygen atoms in total. The summed E-state index contributed by atoms with van der Waals surface area (Å²) in [5, 5.41) is 0. The third kappa shape index (κ3) is 4.83. The van der Waals surface area contributed by atoms with Gasteiger partial charge in [-0.3, -0.25) is 14.4 Å². The standard InChI is InChI=1S/C14H14O5/c1-2-19-14(18)13(17)9-11(15)8-12(16)10-6-4-3-5-7-10/h3-7H,2,8-9H2,1H3. The zero-order valence-electron chi connectivity index (χ0n) is 10.5. The molecular formula is C14H14O5. The van der Waals surface area contributed by atoms with Crippen molar-refractivity contribution < 1.29 is 23.9 Å². The Labute approximate surface area is 110 Å². The number of hydrogen-bond acceptors (Lipinski definition) is 5. The van der Waals surface area contributed by atoms with Crippen LogP contribution in [0.2, 0.25) is 0 Å². The zero-order chi connectivity index (χ0) is 14.3. The lowest BCUT2D eigenvalue weighted by molar-refractivity contribution is -0.154. The first-order chi connectivity index (χ1) is 9.04. The van der Waals surface area contributed by atoms with Crippen LogP contribution in [0, 0.1) is 0 Å². The number of hydrogen-bond donors (Lipinski definition) is 0. The Morgan fingerprint density at radius 2 is 1.63 bits per heavy atom. The van der Waals surface area contributed by atoms with Gasteiger partial charge in [0.15, 0.2) is 5.78 Å². The van der Waals surface area contributed by atoms with Gasteiger partial charge in [-0.1, -0.05) is 30.3 Å². The molecule has 5 heteroatoms. The van der Waals surface area contributed by atoms with Gasteiger partial charge in [0.1, 0.15) is 5.78 Å². The molecule has 1 aromatic rings. The minimum absolute atomic E-state index is 0.0711. The fourth-order valence-electron chi connectivity index (χ4n) is 1.43. The van der Waals surface area contributed by atoms with Crippen molar-refractivity contribution >= 4 is 23.3 Å². The number of ether oxygens (including phenoxy) is 1. The van der Waals surface area contributed by atoms with Crippen LogP contribution >= 0.6 is 0 Å². The summed E-state index contributed by atoms with van der Waals surface area (Å²) in [6.07, 6.45) is -0.993. The molecule has 1 aromatic carbocycles. The first kappa shape index (κ1) is 14.8. The van der Waals surface area contributed by atoms with E-state index in [-0.39, 0.29) is 12.4 Å². The molecule has 0 spiro atoms. The summed E-state index contributed by atoms with van der Waals surface area (Å²) < 4.78 is 4.47. The van der Waals surface area contributed by atoms with Gasteiger partial charge in [0.25, 0.3) is 0 Å². The van der Waals surface area contributed by atoms with Crippen molar-refractivity contribution in [1.82, 2.24) is 0 Å². The largest absolute Gasteiger partial charge is 0.460 e. The van der Waals surface area contributed by atoms with E-state index in [4.69, 9.17) is 0 Å². The lowest BCUT2D eigenvalue weighted by Gasteiger charge is -2.01. The molecule has 0 saturated carbocycles. The van der Waals surface area contributed by atoms with E-state index in [0.717, 1.165) is 0 Å². The Kier molecular flexibility index (Phi) is 5.60. The number of carbonyl (C=O) groups is 4. The van der Waals surface area contributed by atoms with E-state index in [1.807, 2.05) is 0 Å². The Morgan fingerprint density at radius 3 is 2.21 bits per heavy atom. The smallest absolute Gasteiger partial charge is 0.375 e. The molecule has 0 N–H and O–H groups in total. The highest BCUT2D eigenvalue weighted by molar-refractivity contribution is 6.37. The van der Waals surface area contributed by atoms with Gasteiger partial charge in [0, 0.05) is 5.56 Å². The van der Waals surface area contributed by atoms with Crippen molar-refractivity contribution in [1.29, 1.82) is 0 Å². The molecular weight excluding hydrogens is 248 g/mol. The molecule has 1 rings (SSSR count). The third-order valence-electron chi connectivity index (χ3n) is 2.31. The number of esters is 1. The highest BCUT2D eigenvalue weighted by Gasteiger charge is 2.20. The number of Topliss-reactive ketones (excluding diaryl/α,β-unsaturated/α-hetero) is 3. The second kappa shape index (κ2) is 7.20. The maximum absolute atomic E-state index is 11.7. The minimum atomic E-state index is -1.04. The molecule has 0 saturated heterocycles. The van der Waals surface area contributed by atoms with Gasteiger partial charge in [-0.15, -0.1) is 0 Å². The molecule has 0 heterocycles. The number of carbonyl (C=O) groups excluding carboxylic acids is 4. The second-order valence-electron chi connectivity index (χ2n) is 3.83. The van der Waals surface area contributed by atoms with Crippen molar-refractivity contribution in [3.63, 3.8) is 0 Å². The van der Waals surface area contributed by atoms with Crippen LogP contribution in [0.1, 0.15) is 30.1 Å². The fraction of sp³-hybridized carbons (Fsp3) is 0.286. The second-order valence-corrected chi connectivity index (χ2v) is 3.83. The Bertz CT molecular complexity index is 490. The average molecular weight is 262 g/mol. The van der Waals surface area contributed by atoms with E-state index >= 15 is 0 Å². The van der Waals surface area contributed by atoms with Crippen LogP contribution in [0.3, 0.4) is 0 Å². The van der Waals surface area contributed by atoms with Gasteiger partial charge >= 0.3 is 5.97 Å². The van der Waals surface area contributed by atoms with Crippen molar-refractivity contribution in [2.24, 2.45) is 0 Å². The summed E-state index contributed by atoms with van der Waals surface area (Å²) in [5.41, 5.74) is 0.402. The topological polar surface area (TPSA) is 77.5 Å². The lowest BCUT2D eigenvalue weighted by Crippen LogP contribution is -2.21. The molecule has 100 valence electrons. The van der Waals surface area contributed by atoms with Crippen LogP contribution in [0.25, 0.3) is 0 Å². The van der Waals surface area contributed by atoms with E-state index in [0.29, 0.717) is 5.56 Å². The van der Waals surface area contributed by atoms with Gasteiger partial charge in [-0.25, -0.2) is 4.79 Å². The van der Waals surface area contributed by atoms with E-state index in [2.05, 4.69) is 4.74 Å². The van der Waals surface area contributed by atoms with Gasteiger partial charge in [-0.2, -0.15) is 0 Å². The quantitative estimate of drug-likeness (QED) is 0.321. The maximum Gasteiger partial charge on any atom is 0.375 e. The number of rotatable bonds is 7. The highest BCUT2D eigenvalue weighted by Crippen LogP contribution is 2.05. The number of benzene rings is 1. The van der Waals surface area contributed by atoms with Gasteiger partial charge in [0.2, 0.25) is 5.78 Å². The van der Waals surface area contributed by atoms with E-state index in [1.165, 1.54) is 0 Å². The van der Waals surface area contributed by atoms with Gasteiger partial charge in [-0.05, 0) is 6.92 Å². The monoisotopic (exact) mass is 262 g/mol. The Morgan fingerprint density at radius 1 is 1.00 bits per heavy atom. The molecule has 0 amide bonds. The summed E-state index contributed by atoms with van der Waals surface area (Å²) in [4.78, 5) is 45.5. The van der Waals surface area contributed by atoms with Crippen molar-refractivity contribution in [2.45, 2.75) is 19.8 Å². The third-order valence-corrected chi connectivity index (χ3v) is 2.31. The molecule has 19 heavy (non-hydrogen) atoms. The van der Waals surface area contributed by atoms with Gasteiger partial charge < -0.3 is 4.74 Å². The minimum Gasteiger partial charge on any atom is -0.460 e. The molecule has 0 aliphatic carbocycles. The van der Waals surface area contributed by atoms with Gasteiger partial charge in [0.05, 0.1) is 19.4 Å². The summed E-state index contributed by atoms with van der Waals surface area (Å²) in [6.45, 7) is 1.63. The SMILES string of the molecule is CCOC(=O)C(=O)CC(=O)CC(=O)c1ccccc1. The van der Waals surface area contributed by atoms with E-state index < -0.39 is 30.4 Å². The van der Waals surface area contributed by atoms with Crippen LogP contribution in [0.4, 0.5) is 0 Å². The van der Waals surface area contributed by atoms with E-state index in [9.17, 15) is 19.2 Å². The molecule has 0 unspecified atom stereocenters. The summed E-state index contributed by atoms with van der Waals surface area (Å²) in [6, 6.07) is 8.29. The molecule has 0 aliphatic rings. The Hall–Kier alpha value is -2.30. The number of ketones is 3. The molecule has 0 aliphatic heterocycles. The fourth-order valence-corrected chi connectivity index (χ4v) is 1.43. The summed E-state index contributed by atoms with van der Waals surface area (Å²) in [5.74, 6) is -2.93. The summed E-state index contributed by atoms with van der Waals surface area (Å²) in [7, 11) is 0. The van der Waals surface area contributed by atoms with Crippen LogP contribution in [0.15, 0.2) is 30.3 Å². The first-order valence-corrected chi connectivity index (χ1v) is 5.84. The normalized spacial score (nSPS) is 9.74. The maximum atomic E-state index is 11.7. The summed E-state index contributed by atoms with van der Waals surface area (Å²) >= 11 is 0. The van der Waals surface area contributed by atoms with Crippen molar-refractivity contribution in [2.75, 3.05) is 6.61 Å². The van der Waals surface area contributed by atoms with Crippen LogP contribution < -0.4 is 0 Å². The molecule has 0 bridgehead atoms. The Balaban J connectivity index is 2.50. The average Bonchev–Trinajstić information content (AvgIpc) is 2.39. The van der Waals surface area contributed by atoms with Crippen molar-refractivity contribution in [3.05, 3.63) is 35.9 Å². The first-order valence-electron chi connectivity index (χ1n) is 5.84. The predicted molar refractivity (Wildman–Crippen MR) is 66.7 cm³/mol. The zero-order valence-corrected chi connectivity index (χ0v) is 10.5. The molecule has 0 fully saturated rings. The lowest BCUT2D eigenvalue weighted by atomic mass is 10.0. The van der Waals surface area contributed by atoms with Crippen LogP contribution in [0.5, 0.6) is 0 Å². The molecule has 0 radical (unpaired) electrons. The highest BCUT2D eigenvalue weighted by atomic mass is 16.5. The molecule has 0 atom stereocenters. The predicted octanol–water partition coefficient (Wildman–Crippen LogP) is 1.35. The van der Waals surface area contributed by atoms with Crippen LogP contribution in [-0.2, 0) is 19.1 Å².